The standard InChI is InChI=1S/C16H19NO5S/c1-21-13-5-6-14(15(9-13)22-2)17(16(18)11-3-4-11)12-7-8-23(19,20)10-12/h5-9,11-12H,3-4,10H2,1-2H3. The largest absolute Gasteiger partial charge is 0.497 e. The van der Waals surface area contributed by atoms with E-state index < -0.39 is 15.9 Å². The zero-order valence-electron chi connectivity index (χ0n) is 13.1. The Morgan fingerprint density at radius 2 is 1.96 bits per heavy atom. The van der Waals surface area contributed by atoms with Crippen LogP contribution >= 0.6 is 0 Å². The first kappa shape index (κ1) is 15.9. The molecule has 0 N–H and O–H groups in total. The van der Waals surface area contributed by atoms with Crippen molar-refractivity contribution >= 4 is 21.4 Å². The molecule has 23 heavy (non-hydrogen) atoms. The van der Waals surface area contributed by atoms with E-state index in [0.717, 1.165) is 12.8 Å². The monoisotopic (exact) mass is 337 g/mol. The Bertz CT molecular complexity index is 752. The first-order valence-corrected chi connectivity index (χ1v) is 9.13. The molecule has 1 aliphatic heterocycles. The maximum absolute atomic E-state index is 12.7. The minimum absolute atomic E-state index is 0.0292. The van der Waals surface area contributed by atoms with Crippen LogP contribution in [-0.2, 0) is 14.6 Å². The van der Waals surface area contributed by atoms with Crippen LogP contribution in [0.1, 0.15) is 12.8 Å². The molecule has 0 saturated heterocycles. The van der Waals surface area contributed by atoms with Gasteiger partial charge in [0.25, 0.3) is 0 Å². The number of anilines is 1. The highest BCUT2D eigenvalue weighted by atomic mass is 32.2. The summed E-state index contributed by atoms with van der Waals surface area (Å²) in [5.74, 6) is 0.912. The number of benzene rings is 1. The molecule has 1 aliphatic carbocycles. The number of sulfone groups is 1. The number of hydrogen-bond acceptors (Lipinski definition) is 5. The number of rotatable bonds is 5. The molecule has 1 aromatic rings. The second kappa shape index (κ2) is 5.88. The molecule has 1 amide bonds. The van der Waals surface area contributed by atoms with E-state index in [0.29, 0.717) is 17.2 Å². The van der Waals surface area contributed by atoms with Crippen molar-refractivity contribution in [3.63, 3.8) is 0 Å². The lowest BCUT2D eigenvalue weighted by molar-refractivity contribution is -0.120. The highest BCUT2D eigenvalue weighted by Crippen LogP contribution is 2.39. The molecule has 0 spiro atoms. The van der Waals surface area contributed by atoms with Gasteiger partial charge in [0.1, 0.15) is 11.5 Å². The van der Waals surface area contributed by atoms with Gasteiger partial charge in [0, 0.05) is 17.4 Å². The van der Waals surface area contributed by atoms with Gasteiger partial charge in [-0.3, -0.25) is 4.79 Å². The summed E-state index contributed by atoms with van der Waals surface area (Å²) in [5, 5.41) is 1.18. The highest BCUT2D eigenvalue weighted by Gasteiger charge is 2.40. The topological polar surface area (TPSA) is 72.9 Å². The van der Waals surface area contributed by atoms with Crippen LogP contribution in [0.3, 0.4) is 0 Å². The van der Waals surface area contributed by atoms with Crippen LogP contribution in [0, 0.1) is 5.92 Å². The lowest BCUT2D eigenvalue weighted by Gasteiger charge is -2.29. The van der Waals surface area contributed by atoms with E-state index in [-0.39, 0.29) is 17.6 Å². The van der Waals surface area contributed by atoms with Crippen molar-refractivity contribution < 1.29 is 22.7 Å². The summed E-state index contributed by atoms with van der Waals surface area (Å²) in [5.41, 5.74) is 0.567. The van der Waals surface area contributed by atoms with E-state index >= 15 is 0 Å². The predicted octanol–water partition coefficient (Wildman–Crippen LogP) is 1.76. The smallest absolute Gasteiger partial charge is 0.230 e. The van der Waals surface area contributed by atoms with Gasteiger partial charge in [-0.25, -0.2) is 8.42 Å². The van der Waals surface area contributed by atoms with Crippen molar-refractivity contribution in [2.75, 3.05) is 24.9 Å². The summed E-state index contributed by atoms with van der Waals surface area (Å²) in [4.78, 5) is 14.3. The number of methoxy groups -OCH3 is 2. The fraction of sp³-hybridized carbons (Fsp3) is 0.438. The van der Waals surface area contributed by atoms with Crippen molar-refractivity contribution in [1.82, 2.24) is 0 Å². The summed E-state index contributed by atoms with van der Waals surface area (Å²) in [7, 11) is -0.197. The average molecular weight is 337 g/mol. The molecule has 0 radical (unpaired) electrons. The van der Waals surface area contributed by atoms with E-state index in [2.05, 4.69) is 0 Å². The van der Waals surface area contributed by atoms with E-state index in [1.165, 1.54) is 12.5 Å². The van der Waals surface area contributed by atoms with Crippen LogP contribution in [0.2, 0.25) is 0 Å². The number of carbonyl (C=O) groups excluding carboxylic acids is 1. The second-order valence-corrected chi connectivity index (χ2v) is 7.68. The van der Waals surface area contributed by atoms with Gasteiger partial charge in [0.05, 0.1) is 31.7 Å². The molecular formula is C16H19NO5S. The minimum atomic E-state index is -3.26. The Morgan fingerprint density at radius 3 is 2.48 bits per heavy atom. The summed E-state index contributed by atoms with van der Waals surface area (Å²) >= 11 is 0. The molecule has 2 aliphatic rings. The van der Waals surface area contributed by atoms with Gasteiger partial charge in [-0.05, 0) is 31.1 Å². The van der Waals surface area contributed by atoms with Gasteiger partial charge in [-0.1, -0.05) is 0 Å². The lowest BCUT2D eigenvalue weighted by Crippen LogP contribution is -2.42. The third-order valence-corrected chi connectivity index (χ3v) is 5.43. The zero-order valence-corrected chi connectivity index (χ0v) is 13.9. The fourth-order valence-corrected chi connectivity index (χ4v) is 3.96. The van der Waals surface area contributed by atoms with Crippen LogP contribution in [0.5, 0.6) is 11.5 Å². The Balaban J connectivity index is 2.02. The maximum Gasteiger partial charge on any atom is 0.230 e. The molecule has 1 aromatic carbocycles. The van der Waals surface area contributed by atoms with Gasteiger partial charge >= 0.3 is 0 Å². The minimum Gasteiger partial charge on any atom is -0.497 e. The van der Waals surface area contributed by atoms with Gasteiger partial charge in [-0.2, -0.15) is 0 Å². The van der Waals surface area contributed by atoms with E-state index in [9.17, 15) is 13.2 Å². The molecular weight excluding hydrogens is 318 g/mol. The van der Waals surface area contributed by atoms with Crippen molar-refractivity contribution in [3.05, 3.63) is 29.7 Å². The molecule has 0 bridgehead atoms. The van der Waals surface area contributed by atoms with Gasteiger partial charge in [0.2, 0.25) is 5.91 Å². The maximum atomic E-state index is 12.7. The number of carbonyl (C=O) groups is 1. The first-order valence-electron chi connectivity index (χ1n) is 7.41. The van der Waals surface area contributed by atoms with Crippen molar-refractivity contribution in [2.45, 2.75) is 18.9 Å². The molecule has 1 saturated carbocycles. The normalized spacial score (nSPS) is 21.9. The van der Waals surface area contributed by atoms with Crippen LogP contribution in [0.15, 0.2) is 29.7 Å². The SMILES string of the molecule is COc1ccc(N(C(=O)C2CC2)C2C=CS(=O)(=O)C2)c(OC)c1. The number of nitrogens with zero attached hydrogens (tertiary/aromatic N) is 1. The Labute approximate surface area is 135 Å². The van der Waals surface area contributed by atoms with Crippen LogP contribution < -0.4 is 14.4 Å². The second-order valence-electron chi connectivity index (χ2n) is 5.75. The number of amides is 1. The number of ether oxygens (including phenoxy) is 2. The zero-order chi connectivity index (χ0) is 16.6. The van der Waals surface area contributed by atoms with Crippen LogP contribution in [-0.4, -0.2) is 40.3 Å². The quantitative estimate of drug-likeness (QED) is 0.818. The summed E-state index contributed by atoms with van der Waals surface area (Å²) in [6, 6.07) is 4.65. The number of hydrogen-bond donors (Lipinski definition) is 0. The summed E-state index contributed by atoms with van der Waals surface area (Å²) in [6.45, 7) is 0. The molecule has 3 rings (SSSR count). The Morgan fingerprint density at radius 1 is 1.22 bits per heavy atom. The molecule has 1 fully saturated rings. The molecule has 1 atom stereocenters. The van der Waals surface area contributed by atoms with E-state index in [1.807, 2.05) is 0 Å². The molecule has 7 heteroatoms. The van der Waals surface area contributed by atoms with E-state index in [1.54, 1.807) is 36.3 Å². The summed E-state index contributed by atoms with van der Waals surface area (Å²) in [6.07, 6.45) is 3.26. The molecule has 1 heterocycles. The van der Waals surface area contributed by atoms with Crippen molar-refractivity contribution in [3.8, 4) is 11.5 Å². The molecule has 0 aromatic heterocycles. The van der Waals surface area contributed by atoms with Crippen molar-refractivity contribution in [2.24, 2.45) is 5.92 Å². The first-order chi connectivity index (χ1) is 10.9. The Hall–Kier alpha value is -2.02. The van der Waals surface area contributed by atoms with Crippen LogP contribution in [0.25, 0.3) is 0 Å². The summed E-state index contributed by atoms with van der Waals surface area (Å²) < 4.78 is 34.1. The average Bonchev–Trinajstić information content (AvgIpc) is 3.32. The van der Waals surface area contributed by atoms with E-state index in [4.69, 9.17) is 9.47 Å². The van der Waals surface area contributed by atoms with Gasteiger partial charge < -0.3 is 14.4 Å². The predicted molar refractivity (Wildman–Crippen MR) is 86.5 cm³/mol. The molecule has 124 valence electrons. The lowest BCUT2D eigenvalue weighted by atomic mass is 10.1. The third-order valence-electron chi connectivity index (χ3n) is 4.05. The van der Waals surface area contributed by atoms with Gasteiger partial charge in [0.15, 0.2) is 9.84 Å². The molecule has 6 nitrogen and oxygen atoms in total. The van der Waals surface area contributed by atoms with Crippen molar-refractivity contribution in [1.29, 1.82) is 0 Å². The Kier molecular flexibility index (Phi) is 4.06. The third kappa shape index (κ3) is 3.19. The highest BCUT2D eigenvalue weighted by molar-refractivity contribution is 7.94. The fourth-order valence-electron chi connectivity index (χ4n) is 2.69. The van der Waals surface area contributed by atoms with Gasteiger partial charge in [-0.15, -0.1) is 0 Å². The molecule has 1 unspecified atom stereocenters. The van der Waals surface area contributed by atoms with Crippen LogP contribution in [0.4, 0.5) is 5.69 Å².